The van der Waals surface area contributed by atoms with Gasteiger partial charge in [0.2, 0.25) is 5.88 Å². The first-order valence-corrected chi connectivity index (χ1v) is 4.95. The van der Waals surface area contributed by atoms with Crippen molar-refractivity contribution >= 4 is 17.4 Å². The van der Waals surface area contributed by atoms with Crippen LogP contribution in [0.15, 0.2) is 12.4 Å². The summed E-state index contributed by atoms with van der Waals surface area (Å²) in [6.45, 7) is 2.86. The third kappa shape index (κ3) is 3.38. The summed E-state index contributed by atoms with van der Waals surface area (Å²) < 4.78 is 4.97. The van der Waals surface area contributed by atoms with Crippen LogP contribution in [0.1, 0.15) is 6.92 Å². The van der Waals surface area contributed by atoms with Crippen LogP contribution in [0.25, 0.3) is 0 Å². The summed E-state index contributed by atoms with van der Waals surface area (Å²) in [5.41, 5.74) is 0. The van der Waals surface area contributed by atoms with E-state index in [0.29, 0.717) is 17.7 Å². The molecule has 5 heteroatoms. The third-order valence-corrected chi connectivity index (χ3v) is 2.27. The summed E-state index contributed by atoms with van der Waals surface area (Å²) in [7, 11) is 1.58. The van der Waals surface area contributed by atoms with Crippen LogP contribution < -0.4 is 10.1 Å². The Morgan fingerprint density at radius 2 is 2.36 bits per heavy atom. The molecule has 0 aliphatic rings. The van der Waals surface area contributed by atoms with Gasteiger partial charge < -0.3 is 10.1 Å². The average molecular weight is 216 g/mol. The number of ether oxygens (including phenoxy) is 1. The van der Waals surface area contributed by atoms with Crippen molar-refractivity contribution in [1.29, 1.82) is 0 Å². The minimum Gasteiger partial charge on any atom is -0.481 e. The van der Waals surface area contributed by atoms with Crippen LogP contribution >= 0.6 is 11.6 Å². The molecule has 1 rings (SSSR count). The van der Waals surface area contributed by atoms with Crippen LogP contribution in [0.2, 0.25) is 0 Å². The molecule has 1 aromatic heterocycles. The lowest BCUT2D eigenvalue weighted by atomic mass is 10.2. The number of nitrogens with zero attached hydrogens (tertiary/aromatic N) is 2. The van der Waals surface area contributed by atoms with Crippen molar-refractivity contribution in [3.8, 4) is 5.88 Å². The number of rotatable bonds is 5. The Hall–Kier alpha value is -1.03. The van der Waals surface area contributed by atoms with E-state index in [1.165, 1.54) is 6.33 Å². The minimum atomic E-state index is 0.414. The molecule has 0 spiro atoms. The van der Waals surface area contributed by atoms with Crippen LogP contribution in [0.3, 0.4) is 0 Å². The molecule has 0 bridgehead atoms. The maximum atomic E-state index is 5.68. The molecular weight excluding hydrogens is 202 g/mol. The van der Waals surface area contributed by atoms with Gasteiger partial charge in [0.25, 0.3) is 0 Å². The third-order valence-electron chi connectivity index (χ3n) is 1.75. The number of aromatic nitrogens is 2. The lowest BCUT2D eigenvalue weighted by Crippen LogP contribution is -2.13. The Labute approximate surface area is 88.7 Å². The molecule has 0 saturated carbocycles. The van der Waals surface area contributed by atoms with E-state index in [1.54, 1.807) is 13.2 Å². The second-order valence-electron chi connectivity index (χ2n) is 3.09. The highest BCUT2D eigenvalue weighted by atomic mass is 35.5. The van der Waals surface area contributed by atoms with E-state index in [0.717, 1.165) is 12.4 Å². The van der Waals surface area contributed by atoms with E-state index in [-0.39, 0.29) is 0 Å². The fraction of sp³-hybridized carbons (Fsp3) is 0.556. The SMILES string of the molecule is COc1cc(NCC(C)CCl)ncn1. The fourth-order valence-electron chi connectivity index (χ4n) is 0.881. The van der Waals surface area contributed by atoms with Crippen LogP contribution in [-0.2, 0) is 0 Å². The molecular formula is C9H14ClN3O. The minimum absolute atomic E-state index is 0.414. The van der Waals surface area contributed by atoms with Crippen molar-refractivity contribution in [1.82, 2.24) is 9.97 Å². The predicted octanol–water partition coefficient (Wildman–Crippen LogP) is 1.77. The lowest BCUT2D eigenvalue weighted by Gasteiger charge is -2.09. The van der Waals surface area contributed by atoms with E-state index >= 15 is 0 Å². The second-order valence-corrected chi connectivity index (χ2v) is 3.39. The molecule has 4 nitrogen and oxygen atoms in total. The van der Waals surface area contributed by atoms with Gasteiger partial charge in [-0.25, -0.2) is 9.97 Å². The van der Waals surface area contributed by atoms with Gasteiger partial charge in [-0.15, -0.1) is 11.6 Å². The molecule has 1 heterocycles. The van der Waals surface area contributed by atoms with Gasteiger partial charge >= 0.3 is 0 Å². The highest BCUT2D eigenvalue weighted by Gasteiger charge is 2.01. The first kappa shape index (κ1) is 11.0. The van der Waals surface area contributed by atoms with Crippen molar-refractivity contribution in [3.05, 3.63) is 12.4 Å². The second kappa shape index (κ2) is 5.65. The zero-order valence-electron chi connectivity index (χ0n) is 8.33. The molecule has 14 heavy (non-hydrogen) atoms. The molecule has 0 saturated heterocycles. The van der Waals surface area contributed by atoms with E-state index in [9.17, 15) is 0 Å². The van der Waals surface area contributed by atoms with Gasteiger partial charge in [0.1, 0.15) is 12.1 Å². The highest BCUT2D eigenvalue weighted by Crippen LogP contribution is 2.10. The van der Waals surface area contributed by atoms with Gasteiger partial charge in [-0.2, -0.15) is 0 Å². The van der Waals surface area contributed by atoms with Crippen LogP contribution in [0.5, 0.6) is 5.88 Å². The molecule has 0 fully saturated rings. The van der Waals surface area contributed by atoms with Gasteiger partial charge in [0, 0.05) is 18.5 Å². The van der Waals surface area contributed by atoms with Gasteiger partial charge in [-0.3, -0.25) is 0 Å². The number of hydrogen-bond donors (Lipinski definition) is 1. The summed E-state index contributed by atoms with van der Waals surface area (Å²) >= 11 is 5.68. The fourth-order valence-corrected chi connectivity index (χ4v) is 0.990. The quantitative estimate of drug-likeness (QED) is 0.761. The number of hydrogen-bond acceptors (Lipinski definition) is 4. The largest absolute Gasteiger partial charge is 0.481 e. The molecule has 78 valence electrons. The van der Waals surface area contributed by atoms with Crippen LogP contribution in [0.4, 0.5) is 5.82 Å². The van der Waals surface area contributed by atoms with Crippen molar-refractivity contribution in [2.45, 2.75) is 6.92 Å². The highest BCUT2D eigenvalue weighted by molar-refractivity contribution is 6.18. The summed E-state index contributed by atoms with van der Waals surface area (Å²) in [5.74, 6) is 2.36. The summed E-state index contributed by atoms with van der Waals surface area (Å²) in [5, 5.41) is 3.15. The Balaban J connectivity index is 2.50. The summed E-state index contributed by atoms with van der Waals surface area (Å²) in [6.07, 6.45) is 1.46. The van der Waals surface area contributed by atoms with E-state index in [4.69, 9.17) is 16.3 Å². The molecule has 0 aliphatic carbocycles. The standard InChI is InChI=1S/C9H14ClN3O/c1-7(4-10)5-11-8-3-9(14-2)13-6-12-8/h3,6-7H,4-5H2,1-2H3,(H,11,12,13). The molecule has 1 N–H and O–H groups in total. The van der Waals surface area contributed by atoms with Crippen molar-refractivity contribution in [2.75, 3.05) is 24.9 Å². The zero-order valence-corrected chi connectivity index (χ0v) is 9.08. The number of halogens is 1. The van der Waals surface area contributed by atoms with Gasteiger partial charge in [0.15, 0.2) is 0 Å². The van der Waals surface area contributed by atoms with Crippen LogP contribution in [-0.4, -0.2) is 29.5 Å². The first-order valence-electron chi connectivity index (χ1n) is 4.42. The molecule has 0 aliphatic heterocycles. The van der Waals surface area contributed by atoms with Crippen LogP contribution in [0, 0.1) is 5.92 Å². The molecule has 0 radical (unpaired) electrons. The van der Waals surface area contributed by atoms with E-state index < -0.39 is 0 Å². The Morgan fingerprint density at radius 1 is 1.57 bits per heavy atom. The summed E-state index contributed by atoms with van der Waals surface area (Å²) in [6, 6.07) is 1.75. The van der Waals surface area contributed by atoms with Gasteiger partial charge in [-0.05, 0) is 5.92 Å². The topological polar surface area (TPSA) is 47.0 Å². The monoisotopic (exact) mass is 215 g/mol. The molecule has 1 unspecified atom stereocenters. The maximum Gasteiger partial charge on any atom is 0.218 e. The Bertz CT molecular complexity index is 283. The molecule has 1 aromatic rings. The van der Waals surface area contributed by atoms with Gasteiger partial charge in [0.05, 0.1) is 7.11 Å². The molecule has 0 amide bonds. The number of nitrogens with one attached hydrogen (secondary N) is 1. The van der Waals surface area contributed by atoms with Crippen molar-refractivity contribution in [2.24, 2.45) is 5.92 Å². The number of methoxy groups -OCH3 is 1. The van der Waals surface area contributed by atoms with Crippen molar-refractivity contribution < 1.29 is 4.74 Å². The van der Waals surface area contributed by atoms with Gasteiger partial charge in [-0.1, -0.05) is 6.92 Å². The zero-order chi connectivity index (χ0) is 10.4. The number of anilines is 1. The Morgan fingerprint density at radius 3 is 3.00 bits per heavy atom. The average Bonchev–Trinajstić information content (AvgIpc) is 2.26. The van der Waals surface area contributed by atoms with E-state index in [1.807, 2.05) is 0 Å². The number of alkyl halides is 1. The normalized spacial score (nSPS) is 12.2. The predicted molar refractivity (Wildman–Crippen MR) is 57.0 cm³/mol. The lowest BCUT2D eigenvalue weighted by molar-refractivity contribution is 0.397. The van der Waals surface area contributed by atoms with Crippen molar-refractivity contribution in [3.63, 3.8) is 0 Å². The molecule has 0 aromatic carbocycles. The Kier molecular flexibility index (Phi) is 4.46. The molecule has 1 atom stereocenters. The first-order chi connectivity index (χ1) is 6.76. The maximum absolute atomic E-state index is 5.68. The van der Waals surface area contributed by atoms with E-state index in [2.05, 4.69) is 22.2 Å². The smallest absolute Gasteiger partial charge is 0.218 e. The summed E-state index contributed by atoms with van der Waals surface area (Å²) in [4.78, 5) is 7.95.